The monoisotopic (exact) mass is 332 g/mol. The molecule has 1 fully saturated rings. The largest absolute Gasteiger partial charge is 0.480 e. The summed E-state index contributed by atoms with van der Waals surface area (Å²) in [5.74, 6) is -0.190. The second-order valence-electron chi connectivity index (χ2n) is 5.38. The number of alkyl halides is 3. The van der Waals surface area contributed by atoms with E-state index in [4.69, 9.17) is 15.2 Å². The van der Waals surface area contributed by atoms with Gasteiger partial charge >= 0.3 is 6.18 Å². The highest BCUT2D eigenvalue weighted by Crippen LogP contribution is 2.28. The molecule has 1 aromatic rings. The fourth-order valence-electron chi connectivity index (χ4n) is 2.32. The first-order valence-electron chi connectivity index (χ1n) is 7.30. The van der Waals surface area contributed by atoms with Gasteiger partial charge in [0.05, 0.1) is 0 Å². The van der Waals surface area contributed by atoms with E-state index >= 15 is 0 Å². The lowest BCUT2D eigenvalue weighted by atomic mass is 10.1. The fraction of sp³-hybridized carbons (Fsp3) is 0.533. The Morgan fingerprint density at radius 3 is 2.52 bits per heavy atom. The van der Waals surface area contributed by atoms with Crippen LogP contribution in [0, 0.1) is 0 Å². The molecule has 0 aliphatic carbocycles. The van der Waals surface area contributed by atoms with E-state index in [1.54, 1.807) is 11.0 Å². The van der Waals surface area contributed by atoms with Gasteiger partial charge in [-0.25, -0.2) is 0 Å². The number of hydrogen-bond donors (Lipinski definition) is 1. The second kappa shape index (κ2) is 7.54. The number of benzene rings is 1. The summed E-state index contributed by atoms with van der Waals surface area (Å²) in [6.45, 7) is -0.599. The third-order valence-electron chi connectivity index (χ3n) is 3.40. The van der Waals surface area contributed by atoms with Crippen molar-refractivity contribution in [2.24, 2.45) is 5.73 Å². The number of para-hydroxylation sites is 2. The summed E-state index contributed by atoms with van der Waals surface area (Å²) in [7, 11) is 0. The standard InChI is InChI=1S/C15H19F3N2O3/c16-15(17,18)10-23-13-6-2-1-5-12(13)22-9-14(21)20-7-3-4-11(19)8-20/h1-2,5-6,11H,3-4,7-10,19H2. The van der Waals surface area contributed by atoms with E-state index in [0.29, 0.717) is 13.1 Å². The van der Waals surface area contributed by atoms with Gasteiger partial charge in [0.15, 0.2) is 24.7 Å². The number of halogens is 3. The first kappa shape index (κ1) is 17.4. The van der Waals surface area contributed by atoms with E-state index < -0.39 is 12.8 Å². The molecule has 0 aromatic heterocycles. The minimum atomic E-state index is -4.44. The minimum Gasteiger partial charge on any atom is -0.480 e. The molecule has 1 unspecified atom stereocenters. The summed E-state index contributed by atoms with van der Waals surface area (Å²) >= 11 is 0. The van der Waals surface area contributed by atoms with Crippen molar-refractivity contribution in [1.82, 2.24) is 4.90 Å². The van der Waals surface area contributed by atoms with Gasteiger partial charge in [-0.05, 0) is 25.0 Å². The zero-order valence-electron chi connectivity index (χ0n) is 12.5. The highest BCUT2D eigenvalue weighted by molar-refractivity contribution is 5.78. The third-order valence-corrected chi connectivity index (χ3v) is 3.40. The Hall–Kier alpha value is -1.96. The summed E-state index contributed by atoms with van der Waals surface area (Å²) in [5, 5.41) is 0. The highest BCUT2D eigenvalue weighted by atomic mass is 19.4. The van der Waals surface area contributed by atoms with Gasteiger partial charge in [0, 0.05) is 19.1 Å². The Balaban J connectivity index is 1.91. The van der Waals surface area contributed by atoms with Crippen LogP contribution in [0.1, 0.15) is 12.8 Å². The molecule has 0 radical (unpaired) electrons. The van der Waals surface area contributed by atoms with Crippen LogP contribution in [0.25, 0.3) is 0 Å². The van der Waals surface area contributed by atoms with Gasteiger partial charge in [-0.2, -0.15) is 13.2 Å². The molecule has 0 bridgehead atoms. The zero-order chi connectivity index (χ0) is 16.9. The normalized spacial score (nSPS) is 18.6. The molecular weight excluding hydrogens is 313 g/mol. The number of carbonyl (C=O) groups is 1. The molecule has 128 valence electrons. The lowest BCUT2D eigenvalue weighted by Crippen LogP contribution is -2.47. The lowest BCUT2D eigenvalue weighted by Gasteiger charge is -2.30. The SMILES string of the molecule is NC1CCCN(C(=O)COc2ccccc2OCC(F)(F)F)C1. The van der Waals surface area contributed by atoms with E-state index in [9.17, 15) is 18.0 Å². The van der Waals surface area contributed by atoms with E-state index in [1.807, 2.05) is 0 Å². The number of piperidine rings is 1. The maximum absolute atomic E-state index is 12.2. The van der Waals surface area contributed by atoms with Crippen LogP contribution < -0.4 is 15.2 Å². The van der Waals surface area contributed by atoms with E-state index in [1.165, 1.54) is 18.2 Å². The number of ether oxygens (including phenoxy) is 2. The van der Waals surface area contributed by atoms with Gasteiger partial charge in [-0.3, -0.25) is 4.79 Å². The Morgan fingerprint density at radius 1 is 1.26 bits per heavy atom. The summed E-state index contributed by atoms with van der Waals surface area (Å²) in [6, 6.07) is 5.90. The molecule has 0 saturated carbocycles. The zero-order valence-corrected chi connectivity index (χ0v) is 12.5. The van der Waals surface area contributed by atoms with Crippen LogP contribution in [0.2, 0.25) is 0 Å². The Bertz CT molecular complexity index is 537. The van der Waals surface area contributed by atoms with Gasteiger partial charge < -0.3 is 20.1 Å². The van der Waals surface area contributed by atoms with Crippen LogP contribution in [0.5, 0.6) is 11.5 Å². The molecule has 5 nitrogen and oxygen atoms in total. The van der Waals surface area contributed by atoms with Crippen molar-refractivity contribution in [2.75, 3.05) is 26.3 Å². The average Bonchev–Trinajstić information content (AvgIpc) is 2.50. The van der Waals surface area contributed by atoms with Crippen molar-refractivity contribution in [3.8, 4) is 11.5 Å². The van der Waals surface area contributed by atoms with E-state index in [2.05, 4.69) is 0 Å². The number of nitrogens with two attached hydrogens (primary N) is 1. The smallest absolute Gasteiger partial charge is 0.422 e. The van der Waals surface area contributed by atoms with Crippen molar-refractivity contribution in [3.63, 3.8) is 0 Å². The topological polar surface area (TPSA) is 64.8 Å². The predicted octanol–water partition coefficient (Wildman–Crippen LogP) is 1.96. The van der Waals surface area contributed by atoms with Crippen LogP contribution in [0.3, 0.4) is 0 Å². The molecule has 8 heteroatoms. The van der Waals surface area contributed by atoms with Gasteiger partial charge in [-0.15, -0.1) is 0 Å². The van der Waals surface area contributed by atoms with Gasteiger partial charge in [-0.1, -0.05) is 12.1 Å². The van der Waals surface area contributed by atoms with Crippen LogP contribution in [-0.2, 0) is 4.79 Å². The maximum atomic E-state index is 12.2. The molecule has 1 amide bonds. The Kier molecular flexibility index (Phi) is 5.70. The fourth-order valence-corrected chi connectivity index (χ4v) is 2.32. The van der Waals surface area contributed by atoms with Crippen molar-refractivity contribution in [3.05, 3.63) is 24.3 Å². The average molecular weight is 332 g/mol. The first-order chi connectivity index (χ1) is 10.8. The molecule has 23 heavy (non-hydrogen) atoms. The summed E-state index contributed by atoms with van der Waals surface area (Å²) < 4.78 is 46.7. The number of amides is 1. The number of hydrogen-bond acceptors (Lipinski definition) is 4. The van der Waals surface area contributed by atoms with Crippen molar-refractivity contribution >= 4 is 5.91 Å². The Morgan fingerprint density at radius 2 is 1.91 bits per heavy atom. The lowest BCUT2D eigenvalue weighted by molar-refractivity contribution is -0.153. The number of likely N-dealkylation sites (tertiary alicyclic amines) is 1. The third kappa shape index (κ3) is 5.63. The molecule has 2 rings (SSSR count). The molecule has 2 N–H and O–H groups in total. The first-order valence-corrected chi connectivity index (χ1v) is 7.30. The van der Waals surface area contributed by atoms with Gasteiger partial charge in [0.25, 0.3) is 5.91 Å². The van der Waals surface area contributed by atoms with Crippen LogP contribution in [0.4, 0.5) is 13.2 Å². The number of carbonyl (C=O) groups excluding carboxylic acids is 1. The highest BCUT2D eigenvalue weighted by Gasteiger charge is 2.29. The van der Waals surface area contributed by atoms with Crippen LogP contribution in [-0.4, -0.2) is 49.3 Å². The van der Waals surface area contributed by atoms with Crippen molar-refractivity contribution in [1.29, 1.82) is 0 Å². The van der Waals surface area contributed by atoms with Crippen LogP contribution in [0.15, 0.2) is 24.3 Å². The maximum Gasteiger partial charge on any atom is 0.422 e. The van der Waals surface area contributed by atoms with Crippen LogP contribution >= 0.6 is 0 Å². The molecule has 1 aliphatic rings. The molecule has 1 heterocycles. The molecule has 1 saturated heterocycles. The number of rotatable bonds is 5. The van der Waals surface area contributed by atoms with Crippen molar-refractivity contribution < 1.29 is 27.4 Å². The van der Waals surface area contributed by atoms with Crippen molar-refractivity contribution in [2.45, 2.75) is 25.1 Å². The quantitative estimate of drug-likeness (QED) is 0.895. The molecular formula is C15H19F3N2O3. The summed E-state index contributed by atoms with van der Waals surface area (Å²) in [5.41, 5.74) is 5.81. The van der Waals surface area contributed by atoms with E-state index in [-0.39, 0.29) is 30.1 Å². The molecule has 1 aromatic carbocycles. The molecule has 1 aliphatic heterocycles. The van der Waals surface area contributed by atoms with Gasteiger partial charge in [0.2, 0.25) is 0 Å². The summed E-state index contributed by atoms with van der Waals surface area (Å²) in [4.78, 5) is 13.7. The Labute approximate surface area is 132 Å². The molecule has 0 spiro atoms. The van der Waals surface area contributed by atoms with Gasteiger partial charge in [0.1, 0.15) is 0 Å². The summed E-state index contributed by atoms with van der Waals surface area (Å²) in [6.07, 6.45) is -2.73. The second-order valence-corrected chi connectivity index (χ2v) is 5.38. The number of nitrogens with zero attached hydrogens (tertiary/aromatic N) is 1. The minimum absolute atomic E-state index is 0.0462. The van der Waals surface area contributed by atoms with E-state index in [0.717, 1.165) is 12.8 Å². The predicted molar refractivity (Wildman–Crippen MR) is 77.3 cm³/mol. The molecule has 1 atom stereocenters.